The Morgan fingerprint density at radius 1 is 0.836 bits per heavy atom. The number of aryl methyl sites for hydroxylation is 1. The quantitative estimate of drug-likeness (QED) is 0.0522. The summed E-state index contributed by atoms with van der Waals surface area (Å²) in [6, 6.07) is 18.4. The van der Waals surface area contributed by atoms with Gasteiger partial charge in [0.05, 0.1) is 63.5 Å². The highest BCUT2D eigenvalue weighted by molar-refractivity contribution is 7.86. The van der Waals surface area contributed by atoms with E-state index in [9.17, 15) is 28.2 Å². The number of ether oxygens (including phenoxy) is 5. The molecule has 3 aromatic heterocycles. The molecule has 350 valence electrons. The van der Waals surface area contributed by atoms with Crippen LogP contribution in [0.15, 0.2) is 90.1 Å². The maximum absolute atomic E-state index is 13.3. The average Bonchev–Trinajstić information content (AvgIpc) is 4.07. The Bertz CT molecular complexity index is 2880. The topological polar surface area (TPSA) is 239 Å². The molecule has 5 heterocycles. The van der Waals surface area contributed by atoms with Crippen molar-refractivity contribution in [2.24, 2.45) is 7.05 Å². The predicted molar refractivity (Wildman–Crippen MR) is 246 cm³/mol. The van der Waals surface area contributed by atoms with Crippen LogP contribution in [0.25, 0.3) is 22.0 Å². The predicted octanol–water partition coefficient (Wildman–Crippen LogP) is 4.16. The Morgan fingerprint density at radius 3 is 2.42 bits per heavy atom. The number of rotatable bonds is 23. The molecule has 4 amide bonds. The van der Waals surface area contributed by atoms with Crippen LogP contribution in [0.5, 0.6) is 17.2 Å². The third kappa shape index (κ3) is 10.9. The molecule has 67 heavy (non-hydrogen) atoms. The number of hydrogen-bond donors (Lipinski definition) is 4. The Labute approximate surface area is 386 Å². The number of pyridine rings is 1. The number of amides is 4. The highest BCUT2D eigenvalue weighted by Gasteiger charge is 2.45. The van der Waals surface area contributed by atoms with Gasteiger partial charge in [-0.1, -0.05) is 24.3 Å². The molecule has 1 saturated heterocycles. The Morgan fingerprint density at radius 2 is 1.61 bits per heavy atom. The van der Waals surface area contributed by atoms with Gasteiger partial charge in [0, 0.05) is 72.1 Å². The van der Waals surface area contributed by atoms with Crippen LogP contribution < -0.4 is 30.4 Å². The van der Waals surface area contributed by atoms with E-state index in [-0.39, 0.29) is 36.1 Å². The fourth-order valence-corrected chi connectivity index (χ4v) is 8.16. The molecule has 1 fully saturated rings. The number of nitrogens with one attached hydrogen (secondary N) is 4. The van der Waals surface area contributed by atoms with Gasteiger partial charge in [-0.2, -0.15) is 0 Å². The smallest absolute Gasteiger partial charge is 0.274 e. The number of nitrogens with zero attached hydrogens (tertiary/aromatic N) is 5. The van der Waals surface area contributed by atoms with Gasteiger partial charge in [-0.05, 0) is 55.0 Å². The number of carbonyl (C=O) groups excluding carboxylic acids is 4. The molecule has 2 aliphatic heterocycles. The molecule has 0 bridgehead atoms. The van der Waals surface area contributed by atoms with Gasteiger partial charge in [-0.3, -0.25) is 34.2 Å². The standard InChI is InChI=1S/C46H49N9O11S/c1-3-67(61)51-29-10-12-39(35(24-29)36-27-53(2)46(60)42-33(36)14-15-48-42)66-32-7-4-6-31(25-32)65-28-30-26-54(52-50-30)17-19-63-21-23-64-22-20-62-18-16-47-37-9-5-8-34-41(37)45(59)55(44(34)58)38-11-13-40(56)49-43(38)57/h4-10,12,14-15,24-27,38,47-48,51H,3,11,13,16-23,28H2,1-2H3,(H,49,56,57). The van der Waals surface area contributed by atoms with Crippen LogP contribution in [0.3, 0.4) is 0 Å². The fourth-order valence-electron chi connectivity index (χ4n) is 7.63. The zero-order valence-electron chi connectivity index (χ0n) is 36.8. The molecule has 4 N–H and O–H groups in total. The van der Waals surface area contributed by atoms with Crippen molar-refractivity contribution in [2.75, 3.05) is 62.0 Å². The molecule has 0 spiro atoms. The molecular weight excluding hydrogens is 887 g/mol. The number of piperidine rings is 1. The SMILES string of the molecule is CCS(=O)Nc1ccc(Oc2cccc(OCc3cn(CCOCCOCCOCCNc4cccc5c4C(=O)N(C4CCC(=O)NC4=O)C5=O)nn3)c2)c(-c2cn(C)c(=O)c3[nH]ccc23)c1. The average molecular weight is 936 g/mol. The van der Waals surface area contributed by atoms with E-state index in [1.165, 1.54) is 4.57 Å². The number of H-pyrrole nitrogens is 1. The summed E-state index contributed by atoms with van der Waals surface area (Å²) in [6.07, 6.45) is 5.41. The molecule has 3 aromatic carbocycles. The van der Waals surface area contributed by atoms with Gasteiger partial charge in [0.1, 0.15) is 52.1 Å². The van der Waals surface area contributed by atoms with Gasteiger partial charge in [-0.25, -0.2) is 8.89 Å². The van der Waals surface area contributed by atoms with Crippen molar-refractivity contribution in [3.05, 3.63) is 112 Å². The number of anilines is 2. The van der Waals surface area contributed by atoms with Gasteiger partial charge in [0.15, 0.2) is 0 Å². The third-order valence-electron chi connectivity index (χ3n) is 10.9. The van der Waals surface area contributed by atoms with Gasteiger partial charge in [0.25, 0.3) is 17.4 Å². The minimum Gasteiger partial charge on any atom is -0.487 e. The number of imide groups is 2. The first-order chi connectivity index (χ1) is 32.6. The summed E-state index contributed by atoms with van der Waals surface area (Å²) in [4.78, 5) is 67.0. The minimum atomic E-state index is -1.26. The largest absolute Gasteiger partial charge is 0.487 e. The van der Waals surface area contributed by atoms with Gasteiger partial charge in [-0.15, -0.1) is 5.10 Å². The lowest BCUT2D eigenvalue weighted by Gasteiger charge is -2.27. The summed E-state index contributed by atoms with van der Waals surface area (Å²) < 4.78 is 48.0. The summed E-state index contributed by atoms with van der Waals surface area (Å²) in [6.45, 7) is 4.96. The number of benzene rings is 3. The first-order valence-corrected chi connectivity index (χ1v) is 23.0. The zero-order chi connectivity index (χ0) is 46.9. The lowest BCUT2D eigenvalue weighted by molar-refractivity contribution is -0.136. The van der Waals surface area contributed by atoms with Gasteiger partial charge < -0.3 is 43.3 Å². The molecule has 2 unspecified atom stereocenters. The number of aromatic amines is 1. The monoisotopic (exact) mass is 935 g/mol. The van der Waals surface area contributed by atoms with E-state index in [0.717, 1.165) is 15.8 Å². The lowest BCUT2D eigenvalue weighted by Crippen LogP contribution is -2.54. The van der Waals surface area contributed by atoms with Gasteiger partial charge >= 0.3 is 0 Å². The zero-order valence-corrected chi connectivity index (χ0v) is 37.6. The molecule has 21 heteroatoms. The van der Waals surface area contributed by atoms with Crippen LogP contribution in [-0.4, -0.2) is 115 Å². The first-order valence-electron chi connectivity index (χ1n) is 21.7. The molecule has 0 aliphatic carbocycles. The third-order valence-corrected chi connectivity index (χ3v) is 11.9. The highest BCUT2D eigenvalue weighted by atomic mass is 32.2. The van der Waals surface area contributed by atoms with Crippen LogP contribution >= 0.6 is 0 Å². The Hall–Kier alpha value is -7.20. The highest BCUT2D eigenvalue weighted by Crippen LogP contribution is 2.39. The van der Waals surface area contributed by atoms with E-state index in [1.807, 2.05) is 37.3 Å². The summed E-state index contributed by atoms with van der Waals surface area (Å²) >= 11 is 0. The molecule has 2 atom stereocenters. The number of aromatic nitrogens is 5. The maximum Gasteiger partial charge on any atom is 0.274 e. The van der Waals surface area contributed by atoms with Crippen molar-refractivity contribution in [3.8, 4) is 28.4 Å². The Kier molecular flexibility index (Phi) is 14.8. The second-order valence-electron chi connectivity index (χ2n) is 15.5. The van der Waals surface area contributed by atoms with E-state index in [2.05, 4.69) is 30.7 Å². The summed E-state index contributed by atoms with van der Waals surface area (Å²) in [7, 11) is 0.427. The van der Waals surface area contributed by atoms with Crippen molar-refractivity contribution in [1.82, 2.24) is 34.8 Å². The molecule has 2 aliphatic rings. The van der Waals surface area contributed by atoms with Crippen molar-refractivity contribution in [2.45, 2.75) is 39.0 Å². The normalized spacial score (nSPS) is 15.2. The van der Waals surface area contributed by atoms with Crippen molar-refractivity contribution >= 4 is 56.9 Å². The molecule has 0 saturated carbocycles. The van der Waals surface area contributed by atoms with Crippen molar-refractivity contribution < 1.29 is 47.1 Å². The van der Waals surface area contributed by atoms with Crippen LogP contribution in [0.2, 0.25) is 0 Å². The molecule has 20 nitrogen and oxygen atoms in total. The molecular formula is C46H49N9O11S. The van der Waals surface area contributed by atoms with Crippen LogP contribution in [0, 0.1) is 0 Å². The van der Waals surface area contributed by atoms with Crippen LogP contribution in [0.1, 0.15) is 46.2 Å². The number of hydrogen-bond acceptors (Lipinski definition) is 14. The first kappa shape index (κ1) is 46.3. The molecule has 6 aromatic rings. The van der Waals surface area contributed by atoms with Gasteiger partial charge in [0.2, 0.25) is 11.8 Å². The number of carbonyl (C=O) groups is 4. The Balaban J connectivity index is 0.728. The second-order valence-corrected chi connectivity index (χ2v) is 16.9. The van der Waals surface area contributed by atoms with E-state index < -0.39 is 40.7 Å². The van der Waals surface area contributed by atoms with E-state index >= 15 is 0 Å². The van der Waals surface area contributed by atoms with Crippen LogP contribution in [-0.2, 0) is 55.0 Å². The minimum absolute atomic E-state index is 0.0518. The number of fused-ring (bicyclic) bond motifs is 2. The lowest BCUT2D eigenvalue weighted by atomic mass is 10.0. The van der Waals surface area contributed by atoms with E-state index in [0.29, 0.717) is 104 Å². The van der Waals surface area contributed by atoms with E-state index in [4.69, 9.17) is 23.7 Å². The van der Waals surface area contributed by atoms with Crippen molar-refractivity contribution in [3.63, 3.8) is 0 Å². The second kappa shape index (κ2) is 21.4. The van der Waals surface area contributed by atoms with Crippen molar-refractivity contribution in [1.29, 1.82) is 0 Å². The van der Waals surface area contributed by atoms with E-state index in [1.54, 1.807) is 66.7 Å². The molecule has 8 rings (SSSR count). The summed E-state index contributed by atoms with van der Waals surface area (Å²) in [5.74, 6) is -0.186. The summed E-state index contributed by atoms with van der Waals surface area (Å²) in [5.41, 5.74) is 3.90. The summed E-state index contributed by atoms with van der Waals surface area (Å²) in [5, 5.41) is 14.5. The fraction of sp³-hybridized carbons (Fsp3) is 0.326. The maximum atomic E-state index is 13.3. The molecule has 0 radical (unpaired) electrons. The van der Waals surface area contributed by atoms with Crippen LogP contribution in [0.4, 0.5) is 11.4 Å².